The number of piperidine rings is 1. The van der Waals surface area contributed by atoms with Crippen molar-refractivity contribution in [3.63, 3.8) is 0 Å². The Morgan fingerprint density at radius 3 is 2.62 bits per heavy atom. The van der Waals surface area contributed by atoms with E-state index in [1.54, 1.807) is 11.0 Å². The topological polar surface area (TPSA) is 41.6 Å². The Morgan fingerprint density at radius 1 is 1.42 bits per heavy atom. The Bertz CT molecular complexity index is 614. The lowest BCUT2D eigenvalue weighted by Gasteiger charge is -2.45. The summed E-state index contributed by atoms with van der Waals surface area (Å²) in [6.45, 7) is 11.0. The van der Waals surface area contributed by atoms with E-state index in [1.165, 1.54) is 6.07 Å². The average molecular weight is 401 g/mol. The molecule has 1 unspecified atom stereocenters. The lowest BCUT2D eigenvalue weighted by atomic mass is 9.79. The van der Waals surface area contributed by atoms with Crippen molar-refractivity contribution in [1.29, 1.82) is 0 Å². The molecular formula is C18H26BrFN2O2. The number of carbonyl (C=O) groups excluding carboxylic acids is 1. The molecular weight excluding hydrogens is 375 g/mol. The lowest BCUT2D eigenvalue weighted by Crippen LogP contribution is -2.54. The number of ether oxygens (including phenoxy) is 1. The minimum absolute atomic E-state index is 0.150. The summed E-state index contributed by atoms with van der Waals surface area (Å²) in [4.78, 5) is 14.0. The third-order valence-electron chi connectivity index (χ3n) is 4.14. The van der Waals surface area contributed by atoms with Gasteiger partial charge in [0.2, 0.25) is 0 Å². The van der Waals surface area contributed by atoms with Crippen molar-refractivity contribution in [3.05, 3.63) is 28.5 Å². The quantitative estimate of drug-likeness (QED) is 0.755. The third-order valence-corrected chi connectivity index (χ3v) is 4.78. The van der Waals surface area contributed by atoms with Crippen LogP contribution in [0.25, 0.3) is 0 Å². The molecule has 6 heteroatoms. The minimum atomic E-state index is -0.495. The molecule has 1 atom stereocenters. The average Bonchev–Trinajstić information content (AvgIpc) is 2.42. The molecule has 0 spiro atoms. The number of hydrogen-bond donors (Lipinski definition) is 1. The molecule has 1 saturated heterocycles. The van der Waals surface area contributed by atoms with Gasteiger partial charge in [-0.15, -0.1) is 0 Å². The number of rotatable bonds is 2. The van der Waals surface area contributed by atoms with Gasteiger partial charge in [-0.05, 0) is 61.3 Å². The number of anilines is 1. The van der Waals surface area contributed by atoms with Crippen LogP contribution in [-0.4, -0.2) is 35.7 Å². The largest absolute Gasteiger partial charge is 0.444 e. The van der Waals surface area contributed by atoms with Gasteiger partial charge in [0.05, 0.1) is 4.47 Å². The fourth-order valence-corrected chi connectivity index (χ4v) is 3.14. The first-order valence-electron chi connectivity index (χ1n) is 8.17. The number of carbonyl (C=O) groups is 1. The maximum atomic E-state index is 13.7. The van der Waals surface area contributed by atoms with Crippen molar-refractivity contribution in [2.75, 3.05) is 18.4 Å². The van der Waals surface area contributed by atoms with E-state index >= 15 is 0 Å². The monoisotopic (exact) mass is 400 g/mol. The zero-order valence-electron chi connectivity index (χ0n) is 15.0. The van der Waals surface area contributed by atoms with Crippen molar-refractivity contribution in [2.24, 2.45) is 5.41 Å². The Kier molecular flexibility index (Phi) is 5.47. The molecule has 1 aliphatic rings. The molecule has 0 saturated carbocycles. The highest BCUT2D eigenvalue weighted by Gasteiger charge is 2.38. The highest BCUT2D eigenvalue weighted by molar-refractivity contribution is 9.10. The summed E-state index contributed by atoms with van der Waals surface area (Å²) in [7, 11) is 0. The molecule has 0 bridgehead atoms. The Hall–Kier alpha value is -1.30. The van der Waals surface area contributed by atoms with Gasteiger partial charge in [0.25, 0.3) is 0 Å². The minimum Gasteiger partial charge on any atom is -0.444 e. The van der Waals surface area contributed by atoms with Gasteiger partial charge in [0, 0.05) is 30.2 Å². The van der Waals surface area contributed by atoms with Crippen LogP contribution in [0, 0.1) is 11.2 Å². The molecule has 4 nitrogen and oxygen atoms in total. The van der Waals surface area contributed by atoms with E-state index in [1.807, 2.05) is 26.8 Å². The molecule has 1 aromatic carbocycles. The van der Waals surface area contributed by atoms with Crippen LogP contribution >= 0.6 is 15.9 Å². The van der Waals surface area contributed by atoms with Gasteiger partial charge in [-0.2, -0.15) is 0 Å². The molecule has 1 N–H and O–H groups in total. The summed E-state index contributed by atoms with van der Waals surface area (Å²) in [5, 5.41) is 3.41. The van der Waals surface area contributed by atoms with Gasteiger partial charge in [0.1, 0.15) is 11.4 Å². The molecule has 1 amide bonds. The number of nitrogens with zero attached hydrogens (tertiary/aromatic N) is 1. The molecule has 24 heavy (non-hydrogen) atoms. The predicted molar refractivity (Wildman–Crippen MR) is 97.7 cm³/mol. The summed E-state index contributed by atoms with van der Waals surface area (Å²) in [5.41, 5.74) is 0.101. The summed E-state index contributed by atoms with van der Waals surface area (Å²) in [6, 6.07) is 5.18. The van der Waals surface area contributed by atoms with Crippen LogP contribution in [0.4, 0.5) is 14.9 Å². The van der Waals surface area contributed by atoms with E-state index < -0.39 is 5.60 Å². The lowest BCUT2D eigenvalue weighted by molar-refractivity contribution is 0.00691. The molecule has 1 heterocycles. The van der Waals surface area contributed by atoms with Crippen LogP contribution in [0.2, 0.25) is 0 Å². The molecule has 2 rings (SSSR count). The van der Waals surface area contributed by atoms with Crippen molar-refractivity contribution in [1.82, 2.24) is 4.90 Å². The molecule has 134 valence electrons. The first kappa shape index (κ1) is 19.0. The Balaban J connectivity index is 2.03. The summed E-state index contributed by atoms with van der Waals surface area (Å²) < 4.78 is 19.6. The van der Waals surface area contributed by atoms with Crippen LogP contribution in [0.3, 0.4) is 0 Å². The maximum Gasteiger partial charge on any atom is 0.410 e. The zero-order chi connectivity index (χ0) is 18.1. The zero-order valence-corrected chi connectivity index (χ0v) is 16.5. The van der Waals surface area contributed by atoms with Crippen molar-refractivity contribution in [3.8, 4) is 0 Å². The summed E-state index contributed by atoms with van der Waals surface area (Å²) >= 11 is 3.16. The van der Waals surface area contributed by atoms with Crippen molar-refractivity contribution < 1.29 is 13.9 Å². The number of nitrogens with one attached hydrogen (secondary N) is 1. The van der Waals surface area contributed by atoms with E-state index in [0.717, 1.165) is 12.1 Å². The van der Waals surface area contributed by atoms with E-state index in [2.05, 4.69) is 35.1 Å². The van der Waals surface area contributed by atoms with Crippen LogP contribution in [0.15, 0.2) is 22.7 Å². The molecule has 1 aliphatic heterocycles. The van der Waals surface area contributed by atoms with Gasteiger partial charge < -0.3 is 15.0 Å². The first-order chi connectivity index (χ1) is 11.0. The molecule has 0 radical (unpaired) electrons. The molecule has 0 aliphatic carbocycles. The second-order valence-electron chi connectivity index (χ2n) is 8.00. The maximum absolute atomic E-state index is 13.7. The van der Waals surface area contributed by atoms with E-state index in [-0.39, 0.29) is 23.4 Å². The SMILES string of the molecule is CC(C)(C)OC(=O)N1CCC(Nc2ccc(Br)c(F)c2)C(C)(C)C1. The summed E-state index contributed by atoms with van der Waals surface area (Å²) in [5.74, 6) is -0.288. The Morgan fingerprint density at radius 2 is 2.08 bits per heavy atom. The standard InChI is InChI=1S/C18H26BrFN2O2/c1-17(2,3)24-16(23)22-9-8-15(18(4,5)11-22)21-12-6-7-13(19)14(20)10-12/h6-7,10,15,21H,8-9,11H2,1-5H3. The van der Waals surface area contributed by atoms with Crippen LogP contribution < -0.4 is 5.32 Å². The predicted octanol–water partition coefficient (Wildman–Crippen LogP) is 5.04. The van der Waals surface area contributed by atoms with Crippen LogP contribution in [-0.2, 0) is 4.74 Å². The number of halogens is 2. The number of benzene rings is 1. The van der Waals surface area contributed by atoms with Gasteiger partial charge in [-0.25, -0.2) is 9.18 Å². The second kappa shape index (κ2) is 6.90. The first-order valence-corrected chi connectivity index (χ1v) is 8.97. The van der Waals surface area contributed by atoms with Gasteiger partial charge in [-0.1, -0.05) is 13.8 Å². The van der Waals surface area contributed by atoms with Crippen molar-refractivity contribution in [2.45, 2.75) is 52.7 Å². The van der Waals surface area contributed by atoms with Gasteiger partial charge >= 0.3 is 6.09 Å². The summed E-state index contributed by atoms with van der Waals surface area (Å²) in [6.07, 6.45) is 0.507. The highest BCUT2D eigenvalue weighted by atomic mass is 79.9. The van der Waals surface area contributed by atoms with E-state index in [0.29, 0.717) is 17.6 Å². The molecule has 1 aromatic rings. The fourth-order valence-electron chi connectivity index (χ4n) is 2.89. The van der Waals surface area contributed by atoms with Gasteiger partial charge in [0.15, 0.2) is 0 Å². The van der Waals surface area contributed by atoms with E-state index in [4.69, 9.17) is 4.74 Å². The highest BCUT2D eigenvalue weighted by Crippen LogP contribution is 2.33. The van der Waals surface area contributed by atoms with Crippen molar-refractivity contribution >= 4 is 27.7 Å². The van der Waals surface area contributed by atoms with E-state index in [9.17, 15) is 9.18 Å². The Labute approximate surface area is 151 Å². The number of amides is 1. The van der Waals surface area contributed by atoms with Crippen LogP contribution in [0.5, 0.6) is 0 Å². The molecule has 0 aromatic heterocycles. The number of hydrogen-bond acceptors (Lipinski definition) is 3. The number of likely N-dealkylation sites (tertiary alicyclic amines) is 1. The smallest absolute Gasteiger partial charge is 0.410 e. The van der Waals surface area contributed by atoms with Crippen LogP contribution in [0.1, 0.15) is 41.0 Å². The second-order valence-corrected chi connectivity index (χ2v) is 8.86. The molecule has 1 fully saturated rings. The normalized spacial score (nSPS) is 20.6. The fraction of sp³-hybridized carbons (Fsp3) is 0.611. The van der Waals surface area contributed by atoms with Gasteiger partial charge in [-0.3, -0.25) is 0 Å². The third kappa shape index (κ3) is 4.85.